The maximum atomic E-state index is 12.8. The monoisotopic (exact) mass is 418 g/mol. The van der Waals surface area contributed by atoms with E-state index in [9.17, 15) is 26.4 Å². The van der Waals surface area contributed by atoms with E-state index in [1.54, 1.807) is 24.3 Å². The lowest BCUT2D eigenvalue weighted by atomic mass is 10.2. The van der Waals surface area contributed by atoms with E-state index in [0.29, 0.717) is 16.1 Å². The van der Waals surface area contributed by atoms with Crippen molar-refractivity contribution in [2.75, 3.05) is 25.2 Å². The molecule has 2 rings (SSSR count). The number of benzene rings is 2. The molecule has 27 heavy (non-hydrogen) atoms. The number of nitrogens with one attached hydrogen (secondary N) is 1. The average molecular weight is 418 g/mol. The first-order chi connectivity index (χ1) is 12.6. The van der Waals surface area contributed by atoms with E-state index in [1.165, 1.54) is 11.8 Å². The molecule has 5 nitrogen and oxygen atoms in total. The van der Waals surface area contributed by atoms with Crippen molar-refractivity contribution in [1.82, 2.24) is 4.31 Å². The number of hydrogen-bond donors (Lipinski definition) is 1. The Balaban J connectivity index is 2.17. The lowest BCUT2D eigenvalue weighted by molar-refractivity contribution is -0.137. The number of amides is 1. The predicted molar refractivity (Wildman–Crippen MR) is 98.1 cm³/mol. The number of thioether (sulfide) groups is 1. The second-order valence-electron chi connectivity index (χ2n) is 5.54. The summed E-state index contributed by atoms with van der Waals surface area (Å²) in [5, 5.41) is 2.61. The van der Waals surface area contributed by atoms with Gasteiger partial charge < -0.3 is 5.32 Å². The molecule has 1 N–H and O–H groups in total. The number of carbonyl (C=O) groups is 1. The molecule has 2 aromatic carbocycles. The molecule has 0 bridgehead atoms. The zero-order chi connectivity index (χ0) is 20.2. The van der Waals surface area contributed by atoms with Gasteiger partial charge in [-0.1, -0.05) is 18.2 Å². The van der Waals surface area contributed by atoms with Crippen LogP contribution in [0.15, 0.2) is 58.3 Å². The molecular weight excluding hydrogens is 401 g/mol. The number of anilines is 1. The fraction of sp³-hybridized carbons (Fsp3) is 0.235. The van der Waals surface area contributed by atoms with Crippen molar-refractivity contribution in [2.24, 2.45) is 0 Å². The summed E-state index contributed by atoms with van der Waals surface area (Å²) in [5.41, 5.74) is -0.546. The van der Waals surface area contributed by atoms with Crippen molar-refractivity contribution < 1.29 is 26.4 Å². The van der Waals surface area contributed by atoms with Gasteiger partial charge in [-0.25, -0.2) is 8.42 Å². The topological polar surface area (TPSA) is 66.5 Å². The molecule has 146 valence electrons. The van der Waals surface area contributed by atoms with Crippen LogP contribution in [-0.2, 0) is 21.0 Å². The molecule has 0 atom stereocenters. The van der Waals surface area contributed by atoms with Crippen LogP contribution in [-0.4, -0.2) is 38.5 Å². The van der Waals surface area contributed by atoms with Gasteiger partial charge in [0.2, 0.25) is 15.9 Å². The lowest BCUT2D eigenvalue weighted by Gasteiger charge is -2.18. The maximum Gasteiger partial charge on any atom is 0.416 e. The largest absolute Gasteiger partial charge is 0.416 e. The minimum atomic E-state index is -4.66. The zero-order valence-corrected chi connectivity index (χ0v) is 16.1. The summed E-state index contributed by atoms with van der Waals surface area (Å²) in [4.78, 5) is 12.5. The first-order valence-corrected chi connectivity index (χ1v) is 10.3. The highest BCUT2D eigenvalue weighted by Crippen LogP contribution is 2.31. The van der Waals surface area contributed by atoms with Crippen molar-refractivity contribution in [3.63, 3.8) is 0 Å². The molecule has 0 aliphatic carbocycles. The molecule has 2 aromatic rings. The van der Waals surface area contributed by atoms with E-state index < -0.39 is 39.1 Å². The molecule has 0 aromatic heterocycles. The summed E-state index contributed by atoms with van der Waals surface area (Å²) in [6.07, 6.45) is -2.84. The SMILES string of the molecule is CSc1ccccc1NC(=O)CN(C)S(=O)(=O)c1cccc(C(F)(F)F)c1. The number of nitrogens with zero attached hydrogens (tertiary/aromatic N) is 1. The molecule has 0 saturated heterocycles. The molecular formula is C17H17F3N2O3S2. The van der Waals surface area contributed by atoms with E-state index in [0.717, 1.165) is 30.1 Å². The van der Waals surface area contributed by atoms with Gasteiger partial charge in [0.15, 0.2) is 0 Å². The Hall–Kier alpha value is -2.04. The molecule has 0 heterocycles. The molecule has 1 amide bonds. The summed E-state index contributed by atoms with van der Waals surface area (Å²) >= 11 is 1.41. The van der Waals surface area contributed by atoms with E-state index in [-0.39, 0.29) is 0 Å². The quantitative estimate of drug-likeness (QED) is 0.727. The number of para-hydroxylation sites is 1. The number of sulfonamides is 1. The Labute approximate surface area is 159 Å². The molecule has 0 unspecified atom stereocenters. The van der Waals surface area contributed by atoms with Gasteiger partial charge in [0.1, 0.15) is 0 Å². The molecule has 0 radical (unpaired) electrons. The first kappa shape index (κ1) is 21.3. The molecule has 0 aliphatic rings. The van der Waals surface area contributed by atoms with Gasteiger partial charge in [-0.15, -0.1) is 11.8 Å². The highest BCUT2D eigenvalue weighted by Gasteiger charge is 2.32. The van der Waals surface area contributed by atoms with Gasteiger partial charge in [-0.3, -0.25) is 4.79 Å². The van der Waals surface area contributed by atoms with Gasteiger partial charge in [-0.05, 0) is 36.6 Å². The Morgan fingerprint density at radius 2 is 1.81 bits per heavy atom. The van der Waals surface area contributed by atoms with Crippen LogP contribution in [0, 0.1) is 0 Å². The summed E-state index contributed by atoms with van der Waals surface area (Å²) in [5.74, 6) is -0.602. The average Bonchev–Trinajstić information content (AvgIpc) is 2.61. The second kappa shape index (κ2) is 8.32. The standard InChI is InChI=1S/C17H17F3N2O3S2/c1-22(11-16(23)21-14-8-3-4-9-15(14)26-2)27(24,25)13-7-5-6-12(10-13)17(18,19)20/h3-10H,11H2,1-2H3,(H,21,23). The van der Waals surface area contributed by atoms with E-state index in [1.807, 2.05) is 6.26 Å². The summed E-state index contributed by atoms with van der Waals surface area (Å²) in [7, 11) is -3.12. The van der Waals surface area contributed by atoms with Crippen LogP contribution in [0.3, 0.4) is 0 Å². The number of carbonyl (C=O) groups excluding carboxylic acids is 1. The molecule has 0 spiro atoms. The van der Waals surface area contributed by atoms with Crippen molar-refractivity contribution >= 4 is 33.4 Å². The van der Waals surface area contributed by atoms with E-state index >= 15 is 0 Å². The fourth-order valence-corrected chi connectivity index (χ4v) is 3.96. The van der Waals surface area contributed by atoms with E-state index in [4.69, 9.17) is 0 Å². The van der Waals surface area contributed by atoms with Crippen LogP contribution in [0.2, 0.25) is 0 Å². The number of rotatable bonds is 6. The summed E-state index contributed by atoms with van der Waals surface area (Å²) in [6.45, 7) is -0.540. The van der Waals surface area contributed by atoms with Gasteiger partial charge in [0, 0.05) is 11.9 Å². The minimum Gasteiger partial charge on any atom is -0.324 e. The second-order valence-corrected chi connectivity index (χ2v) is 8.43. The van der Waals surface area contributed by atoms with Crippen LogP contribution in [0.4, 0.5) is 18.9 Å². The fourth-order valence-electron chi connectivity index (χ4n) is 2.24. The highest BCUT2D eigenvalue weighted by atomic mass is 32.2. The number of likely N-dealkylation sites (N-methyl/N-ethyl adjacent to an activating group) is 1. The molecule has 0 fully saturated rings. The maximum absolute atomic E-state index is 12.8. The van der Waals surface area contributed by atoms with Crippen molar-refractivity contribution in [3.05, 3.63) is 54.1 Å². The Kier molecular flexibility index (Phi) is 6.55. The van der Waals surface area contributed by atoms with E-state index in [2.05, 4.69) is 5.32 Å². The van der Waals surface area contributed by atoms with Crippen LogP contribution in [0.5, 0.6) is 0 Å². The third-order valence-electron chi connectivity index (χ3n) is 3.62. The number of halogens is 3. The highest BCUT2D eigenvalue weighted by molar-refractivity contribution is 7.98. The number of hydrogen-bond acceptors (Lipinski definition) is 4. The normalized spacial score (nSPS) is 12.2. The third kappa shape index (κ3) is 5.24. The molecule has 0 saturated carbocycles. The Morgan fingerprint density at radius 3 is 2.44 bits per heavy atom. The third-order valence-corrected chi connectivity index (χ3v) is 6.21. The van der Waals surface area contributed by atoms with Crippen LogP contribution < -0.4 is 5.32 Å². The summed E-state index contributed by atoms with van der Waals surface area (Å²) < 4.78 is 64.1. The van der Waals surface area contributed by atoms with Gasteiger partial charge >= 0.3 is 6.18 Å². The van der Waals surface area contributed by atoms with Gasteiger partial charge in [0.05, 0.1) is 22.7 Å². The Bertz CT molecular complexity index is 931. The van der Waals surface area contributed by atoms with Crippen LogP contribution in [0.1, 0.15) is 5.56 Å². The first-order valence-electron chi connectivity index (χ1n) is 7.62. The van der Waals surface area contributed by atoms with Crippen molar-refractivity contribution in [1.29, 1.82) is 0 Å². The van der Waals surface area contributed by atoms with Crippen LogP contribution in [0.25, 0.3) is 0 Å². The van der Waals surface area contributed by atoms with Gasteiger partial charge in [-0.2, -0.15) is 17.5 Å². The smallest absolute Gasteiger partial charge is 0.324 e. The summed E-state index contributed by atoms with van der Waals surface area (Å²) in [6, 6.07) is 10.4. The van der Waals surface area contributed by atoms with Crippen molar-refractivity contribution in [2.45, 2.75) is 16.0 Å². The predicted octanol–water partition coefficient (Wildman–Crippen LogP) is 3.69. The number of alkyl halides is 3. The Morgan fingerprint density at radius 1 is 1.15 bits per heavy atom. The lowest BCUT2D eigenvalue weighted by Crippen LogP contribution is -2.35. The van der Waals surface area contributed by atoms with Crippen LogP contribution >= 0.6 is 11.8 Å². The minimum absolute atomic E-state index is 0.528. The zero-order valence-electron chi connectivity index (χ0n) is 14.4. The molecule has 0 aliphatic heterocycles. The van der Waals surface area contributed by atoms with Crippen molar-refractivity contribution in [3.8, 4) is 0 Å². The van der Waals surface area contributed by atoms with Gasteiger partial charge in [0.25, 0.3) is 0 Å². The molecule has 10 heteroatoms.